The Morgan fingerprint density at radius 3 is 2.24 bits per heavy atom. The molecular formula is C26H34N2O6. The molecule has 0 saturated carbocycles. The third kappa shape index (κ3) is 3.47. The molecule has 0 aliphatic carbocycles. The lowest BCUT2D eigenvalue weighted by Crippen LogP contribution is -2.50. The van der Waals surface area contributed by atoms with Crippen LogP contribution in [-0.4, -0.2) is 64.0 Å². The summed E-state index contributed by atoms with van der Waals surface area (Å²) in [7, 11) is 8.25. The van der Waals surface area contributed by atoms with E-state index in [0.717, 1.165) is 39.1 Å². The number of rotatable bonds is 6. The van der Waals surface area contributed by atoms with E-state index in [1.807, 2.05) is 19.9 Å². The molecule has 1 amide bonds. The quantitative estimate of drug-likeness (QED) is 0.671. The van der Waals surface area contributed by atoms with Crippen molar-refractivity contribution in [2.45, 2.75) is 44.8 Å². The van der Waals surface area contributed by atoms with Gasteiger partial charge in [-0.3, -0.25) is 4.79 Å². The van der Waals surface area contributed by atoms with Crippen LogP contribution in [0.1, 0.15) is 45.5 Å². The van der Waals surface area contributed by atoms with E-state index in [1.54, 1.807) is 40.4 Å². The maximum Gasteiger partial charge on any atom is 0.241 e. The predicted molar refractivity (Wildman–Crippen MR) is 128 cm³/mol. The number of methoxy groups -OCH3 is 4. The molecule has 0 saturated heterocycles. The Bertz CT molecular complexity index is 1120. The first-order chi connectivity index (χ1) is 16.4. The smallest absolute Gasteiger partial charge is 0.241 e. The number of fused-ring (bicyclic) bond motifs is 4. The van der Waals surface area contributed by atoms with Crippen LogP contribution in [0.5, 0.6) is 23.0 Å². The van der Waals surface area contributed by atoms with Crippen molar-refractivity contribution in [3.05, 3.63) is 45.5 Å². The molecule has 8 heteroatoms. The van der Waals surface area contributed by atoms with E-state index < -0.39 is 12.1 Å². The summed E-state index contributed by atoms with van der Waals surface area (Å²) in [6.07, 6.45) is 1.04. The monoisotopic (exact) mass is 470 g/mol. The van der Waals surface area contributed by atoms with Gasteiger partial charge in [-0.15, -0.1) is 0 Å². The number of aliphatic hydroxyl groups is 1. The molecule has 0 aromatic heterocycles. The minimum atomic E-state index is -0.592. The molecular weight excluding hydrogens is 436 g/mol. The molecule has 0 spiro atoms. The number of benzene rings is 2. The van der Waals surface area contributed by atoms with E-state index in [0.29, 0.717) is 30.1 Å². The fourth-order valence-corrected chi connectivity index (χ4v) is 5.75. The van der Waals surface area contributed by atoms with Crippen molar-refractivity contribution in [3.63, 3.8) is 0 Å². The second kappa shape index (κ2) is 9.35. The van der Waals surface area contributed by atoms with Gasteiger partial charge >= 0.3 is 0 Å². The van der Waals surface area contributed by atoms with Crippen molar-refractivity contribution >= 4 is 5.91 Å². The summed E-state index contributed by atoms with van der Waals surface area (Å²) in [5.41, 5.74) is 5.62. The summed E-state index contributed by atoms with van der Waals surface area (Å²) in [6.45, 7) is 3.69. The molecule has 0 bridgehead atoms. The highest BCUT2D eigenvalue weighted by molar-refractivity contribution is 5.85. The SMILES string of the molecule is CNC1Cc2c(cc(OC)c(C)c2OC)[C@@H]2Cc3cc(C)c(OC)c(OC)c3[C@H](CO)N2C1=O. The van der Waals surface area contributed by atoms with Crippen LogP contribution in [0.3, 0.4) is 0 Å². The lowest BCUT2D eigenvalue weighted by Gasteiger charge is -2.44. The first-order valence-corrected chi connectivity index (χ1v) is 11.5. The molecule has 2 aromatic carbocycles. The van der Waals surface area contributed by atoms with Gasteiger partial charge in [0.05, 0.1) is 53.2 Å². The zero-order valence-corrected chi connectivity index (χ0v) is 20.9. The number of amides is 1. The average Bonchev–Trinajstić information content (AvgIpc) is 2.95. The lowest BCUT2D eigenvalue weighted by atomic mass is 9.82. The maximum absolute atomic E-state index is 13.9. The predicted octanol–water partition coefficient (Wildman–Crippen LogP) is 2.64. The number of hydrogen-bond acceptors (Lipinski definition) is 7. The van der Waals surface area contributed by atoms with Crippen LogP contribution in [0.15, 0.2) is 12.1 Å². The number of nitrogens with one attached hydrogen (secondary N) is 1. The van der Waals surface area contributed by atoms with E-state index in [1.165, 1.54) is 0 Å². The molecule has 2 aliphatic heterocycles. The van der Waals surface area contributed by atoms with Crippen molar-refractivity contribution < 1.29 is 28.8 Å². The van der Waals surface area contributed by atoms with Crippen LogP contribution in [0.2, 0.25) is 0 Å². The fourth-order valence-electron chi connectivity index (χ4n) is 5.75. The van der Waals surface area contributed by atoms with E-state index >= 15 is 0 Å². The van der Waals surface area contributed by atoms with Gasteiger partial charge in [-0.05, 0) is 50.1 Å². The lowest BCUT2D eigenvalue weighted by molar-refractivity contribution is -0.140. The van der Waals surface area contributed by atoms with Crippen LogP contribution in [0, 0.1) is 13.8 Å². The Morgan fingerprint density at radius 2 is 1.68 bits per heavy atom. The van der Waals surface area contributed by atoms with Gasteiger partial charge in [0.25, 0.3) is 0 Å². The summed E-state index contributed by atoms with van der Waals surface area (Å²) in [5, 5.41) is 13.8. The highest BCUT2D eigenvalue weighted by Crippen LogP contribution is 2.51. The average molecular weight is 471 g/mol. The van der Waals surface area contributed by atoms with Gasteiger partial charge in [0.1, 0.15) is 11.5 Å². The highest BCUT2D eigenvalue weighted by atomic mass is 16.5. The van der Waals surface area contributed by atoms with Gasteiger partial charge in [-0.2, -0.15) is 0 Å². The maximum atomic E-state index is 13.9. The first kappa shape index (κ1) is 24.2. The zero-order chi connectivity index (χ0) is 24.7. The first-order valence-electron chi connectivity index (χ1n) is 11.5. The van der Waals surface area contributed by atoms with Crippen molar-refractivity contribution in [1.29, 1.82) is 0 Å². The van der Waals surface area contributed by atoms with Crippen LogP contribution in [0.25, 0.3) is 0 Å². The zero-order valence-electron chi connectivity index (χ0n) is 20.9. The topological polar surface area (TPSA) is 89.5 Å². The van der Waals surface area contributed by atoms with Crippen molar-refractivity contribution in [2.24, 2.45) is 0 Å². The summed E-state index contributed by atoms with van der Waals surface area (Å²) >= 11 is 0. The van der Waals surface area contributed by atoms with E-state index in [9.17, 15) is 9.90 Å². The van der Waals surface area contributed by atoms with Gasteiger partial charge in [-0.25, -0.2) is 0 Å². The Labute approximate surface area is 200 Å². The second-order valence-corrected chi connectivity index (χ2v) is 8.85. The molecule has 4 rings (SSSR count). The number of hydrogen-bond donors (Lipinski definition) is 2. The number of aliphatic hydroxyl groups excluding tert-OH is 1. The van der Waals surface area contributed by atoms with Gasteiger partial charge in [-0.1, -0.05) is 6.07 Å². The van der Waals surface area contributed by atoms with E-state index in [-0.39, 0.29) is 18.6 Å². The van der Waals surface area contributed by atoms with Crippen LogP contribution >= 0.6 is 0 Å². The molecule has 2 heterocycles. The minimum Gasteiger partial charge on any atom is -0.496 e. The Kier molecular flexibility index (Phi) is 6.64. The summed E-state index contributed by atoms with van der Waals surface area (Å²) in [6, 6.07) is 2.73. The third-order valence-corrected chi connectivity index (χ3v) is 7.26. The summed E-state index contributed by atoms with van der Waals surface area (Å²) < 4.78 is 22.9. The molecule has 0 radical (unpaired) electrons. The Hall–Kier alpha value is -2.97. The number of aryl methyl sites for hydroxylation is 1. The molecule has 2 aliphatic rings. The van der Waals surface area contributed by atoms with Crippen LogP contribution in [0.4, 0.5) is 0 Å². The second-order valence-electron chi connectivity index (χ2n) is 8.85. The molecule has 184 valence electrons. The van der Waals surface area contributed by atoms with Crippen molar-refractivity contribution in [3.8, 4) is 23.0 Å². The molecule has 0 fully saturated rings. The largest absolute Gasteiger partial charge is 0.496 e. The molecule has 2 N–H and O–H groups in total. The Morgan fingerprint density at radius 1 is 1.00 bits per heavy atom. The number of nitrogens with zero attached hydrogens (tertiary/aromatic N) is 1. The molecule has 8 nitrogen and oxygen atoms in total. The number of ether oxygens (including phenoxy) is 4. The van der Waals surface area contributed by atoms with Crippen LogP contribution < -0.4 is 24.3 Å². The number of likely N-dealkylation sites (N-methyl/N-ethyl adjacent to an activating group) is 1. The number of carbonyl (C=O) groups is 1. The van der Waals surface area contributed by atoms with Crippen molar-refractivity contribution in [2.75, 3.05) is 42.1 Å². The van der Waals surface area contributed by atoms with Gasteiger partial charge in [0.15, 0.2) is 11.5 Å². The van der Waals surface area contributed by atoms with Gasteiger partial charge in [0, 0.05) is 23.1 Å². The molecule has 1 unspecified atom stereocenters. The standard InChI is InChI=1S/C26H34N2O6/c1-13-8-15-9-19-16-11-21(31-4)14(2)24(33-6)17(16)10-18(27-3)26(30)28(19)20(12-29)22(15)25(34-7)23(13)32-5/h8,11,18-20,27,29H,9-10,12H2,1-7H3/t18?,19-,20-/m0/s1. The molecule has 34 heavy (non-hydrogen) atoms. The molecule has 2 aromatic rings. The summed E-state index contributed by atoms with van der Waals surface area (Å²) in [4.78, 5) is 15.7. The third-order valence-electron chi connectivity index (χ3n) is 7.26. The fraction of sp³-hybridized carbons (Fsp3) is 0.500. The highest BCUT2D eigenvalue weighted by Gasteiger charge is 2.46. The van der Waals surface area contributed by atoms with Gasteiger partial charge in [0.2, 0.25) is 5.91 Å². The number of carbonyl (C=O) groups excluding carboxylic acids is 1. The van der Waals surface area contributed by atoms with E-state index in [4.69, 9.17) is 18.9 Å². The normalized spacial score (nSPS) is 21.2. The summed E-state index contributed by atoms with van der Waals surface area (Å²) in [5.74, 6) is 2.55. The van der Waals surface area contributed by atoms with Crippen molar-refractivity contribution in [1.82, 2.24) is 10.2 Å². The molecule has 3 atom stereocenters. The van der Waals surface area contributed by atoms with E-state index in [2.05, 4.69) is 11.4 Å². The van der Waals surface area contributed by atoms with Gasteiger partial charge < -0.3 is 34.3 Å². The Balaban J connectivity index is 2.03. The van der Waals surface area contributed by atoms with Crippen LogP contribution in [-0.2, 0) is 17.6 Å². The minimum absolute atomic E-state index is 0.0753.